The third-order valence-electron chi connectivity index (χ3n) is 2.85. The minimum atomic E-state index is -4.76. The van der Waals surface area contributed by atoms with E-state index in [0.717, 1.165) is 4.90 Å². The molecule has 108 valence electrons. The maximum absolute atomic E-state index is 11.9. The molecule has 1 aromatic rings. The maximum Gasteiger partial charge on any atom is 0.522 e. The van der Waals surface area contributed by atoms with Crippen LogP contribution < -0.4 is 4.90 Å². The van der Waals surface area contributed by atoms with Crippen LogP contribution in [0.15, 0.2) is 18.2 Å². The quantitative estimate of drug-likeness (QED) is 0.918. The summed E-state index contributed by atoms with van der Waals surface area (Å²) in [7, 11) is 0. The molecule has 20 heavy (non-hydrogen) atoms. The van der Waals surface area contributed by atoms with E-state index >= 15 is 0 Å². The van der Waals surface area contributed by atoms with Crippen molar-refractivity contribution in [3.8, 4) is 0 Å². The fourth-order valence-electron chi connectivity index (χ4n) is 1.99. The monoisotopic (exact) mass is 289 g/mol. The minimum Gasteiger partial charge on any atom is -0.478 e. The normalized spacial score (nSPS) is 14.6. The lowest BCUT2D eigenvalue weighted by atomic mass is 10.1. The molecule has 0 aromatic heterocycles. The summed E-state index contributed by atoms with van der Waals surface area (Å²) in [6.07, 6.45) is -4.71. The number of carboxylic acids is 1. The predicted octanol–water partition coefficient (Wildman–Crippen LogP) is 1.81. The summed E-state index contributed by atoms with van der Waals surface area (Å²) in [5.74, 6) is -1.55. The summed E-state index contributed by atoms with van der Waals surface area (Å²) in [5, 5.41) is 8.87. The van der Waals surface area contributed by atoms with Crippen LogP contribution in [0.5, 0.6) is 0 Å². The Morgan fingerprint density at radius 1 is 1.40 bits per heavy atom. The molecule has 0 saturated carbocycles. The van der Waals surface area contributed by atoms with Crippen LogP contribution in [0.3, 0.4) is 0 Å². The van der Waals surface area contributed by atoms with Crippen molar-refractivity contribution in [3.63, 3.8) is 0 Å². The SMILES string of the molecule is O=C(O)c1ccc2c(c1)N(CCOC(F)(F)F)C(=O)C2. The van der Waals surface area contributed by atoms with Crippen LogP contribution in [0.1, 0.15) is 15.9 Å². The molecule has 0 spiro atoms. The summed E-state index contributed by atoms with van der Waals surface area (Å²) in [6, 6.07) is 4.11. The number of nitrogens with zero attached hydrogens (tertiary/aromatic N) is 1. The number of alkyl halides is 3. The van der Waals surface area contributed by atoms with E-state index in [1.54, 1.807) is 0 Å². The average Bonchev–Trinajstić information content (AvgIpc) is 2.63. The number of anilines is 1. The van der Waals surface area contributed by atoms with E-state index in [1.165, 1.54) is 18.2 Å². The molecule has 0 radical (unpaired) electrons. The molecule has 1 aromatic carbocycles. The summed E-state index contributed by atoms with van der Waals surface area (Å²) < 4.78 is 39.3. The van der Waals surface area contributed by atoms with Gasteiger partial charge in [-0.15, -0.1) is 13.2 Å². The minimum absolute atomic E-state index is 0.0276. The van der Waals surface area contributed by atoms with Crippen LogP contribution in [-0.4, -0.2) is 36.5 Å². The van der Waals surface area contributed by atoms with Crippen molar-refractivity contribution in [2.75, 3.05) is 18.1 Å². The number of fused-ring (bicyclic) bond motifs is 1. The Hall–Kier alpha value is -2.09. The third-order valence-corrected chi connectivity index (χ3v) is 2.85. The van der Waals surface area contributed by atoms with Crippen LogP contribution in [0.2, 0.25) is 0 Å². The van der Waals surface area contributed by atoms with Crippen molar-refractivity contribution in [1.29, 1.82) is 0 Å². The molecule has 5 nitrogen and oxygen atoms in total. The average molecular weight is 289 g/mol. The molecule has 1 N–H and O–H groups in total. The number of hydrogen-bond acceptors (Lipinski definition) is 3. The topological polar surface area (TPSA) is 66.8 Å². The van der Waals surface area contributed by atoms with Gasteiger partial charge < -0.3 is 10.0 Å². The van der Waals surface area contributed by atoms with Gasteiger partial charge in [0, 0.05) is 12.2 Å². The molecule has 2 rings (SSSR count). The first kappa shape index (κ1) is 14.3. The highest BCUT2D eigenvalue weighted by Crippen LogP contribution is 2.30. The van der Waals surface area contributed by atoms with Gasteiger partial charge in [-0.3, -0.25) is 9.53 Å². The lowest BCUT2D eigenvalue weighted by molar-refractivity contribution is -0.323. The first-order chi connectivity index (χ1) is 9.28. The molecular formula is C12H10F3NO4. The van der Waals surface area contributed by atoms with Gasteiger partial charge in [-0.25, -0.2) is 4.79 Å². The number of carbonyl (C=O) groups is 2. The molecule has 1 heterocycles. The number of ether oxygens (including phenoxy) is 1. The first-order valence-corrected chi connectivity index (χ1v) is 5.65. The summed E-state index contributed by atoms with van der Waals surface area (Å²) in [5.41, 5.74) is 0.882. The number of carbonyl (C=O) groups excluding carboxylic acids is 1. The van der Waals surface area contributed by atoms with Gasteiger partial charge in [0.25, 0.3) is 0 Å². The molecule has 0 saturated heterocycles. The van der Waals surface area contributed by atoms with Crippen molar-refractivity contribution >= 4 is 17.6 Å². The molecule has 1 aliphatic heterocycles. The first-order valence-electron chi connectivity index (χ1n) is 5.65. The van der Waals surface area contributed by atoms with Gasteiger partial charge in [-0.1, -0.05) is 6.07 Å². The van der Waals surface area contributed by atoms with Gasteiger partial charge >= 0.3 is 12.3 Å². The second kappa shape index (κ2) is 5.12. The van der Waals surface area contributed by atoms with E-state index in [2.05, 4.69) is 4.74 Å². The van der Waals surface area contributed by atoms with Crippen molar-refractivity contribution in [2.45, 2.75) is 12.8 Å². The Bertz CT molecular complexity index is 556. The smallest absolute Gasteiger partial charge is 0.478 e. The van der Waals surface area contributed by atoms with E-state index in [9.17, 15) is 22.8 Å². The summed E-state index contributed by atoms with van der Waals surface area (Å²) in [6.45, 7) is -0.986. The lowest BCUT2D eigenvalue weighted by Gasteiger charge is -2.18. The zero-order valence-corrected chi connectivity index (χ0v) is 10.1. The van der Waals surface area contributed by atoms with Gasteiger partial charge in [-0.2, -0.15) is 0 Å². The van der Waals surface area contributed by atoms with Gasteiger partial charge in [0.15, 0.2) is 0 Å². The van der Waals surface area contributed by atoms with Gasteiger partial charge in [0.2, 0.25) is 5.91 Å². The zero-order valence-electron chi connectivity index (χ0n) is 10.1. The Balaban J connectivity index is 2.14. The number of aromatic carboxylic acids is 1. The van der Waals surface area contributed by atoms with Gasteiger partial charge in [0.05, 0.1) is 18.6 Å². The highest BCUT2D eigenvalue weighted by molar-refractivity contribution is 6.03. The highest BCUT2D eigenvalue weighted by Gasteiger charge is 2.32. The fourth-order valence-corrected chi connectivity index (χ4v) is 1.99. The molecule has 0 bridgehead atoms. The Kier molecular flexibility index (Phi) is 3.67. The molecule has 0 aliphatic carbocycles. The molecule has 1 amide bonds. The number of carboxylic acid groups (broad SMARTS) is 1. The van der Waals surface area contributed by atoms with Crippen LogP contribution in [0.25, 0.3) is 0 Å². The van der Waals surface area contributed by atoms with E-state index in [0.29, 0.717) is 11.3 Å². The number of rotatable bonds is 4. The number of benzene rings is 1. The van der Waals surface area contributed by atoms with Crippen molar-refractivity contribution < 1.29 is 32.6 Å². The zero-order chi connectivity index (χ0) is 14.9. The van der Waals surface area contributed by atoms with E-state index in [-0.39, 0.29) is 24.4 Å². The molecule has 0 fully saturated rings. The standard InChI is InChI=1S/C12H10F3NO4/c13-12(14,15)20-4-3-16-9-5-8(11(18)19)2-1-7(9)6-10(16)17/h1-2,5H,3-4,6H2,(H,18,19). The van der Waals surface area contributed by atoms with Crippen molar-refractivity contribution in [1.82, 2.24) is 0 Å². The van der Waals surface area contributed by atoms with Gasteiger partial charge in [-0.05, 0) is 17.7 Å². The number of halogens is 3. The van der Waals surface area contributed by atoms with Crippen molar-refractivity contribution in [3.05, 3.63) is 29.3 Å². The number of hydrogen-bond donors (Lipinski definition) is 1. The Morgan fingerprint density at radius 2 is 2.10 bits per heavy atom. The number of amides is 1. The second-order valence-electron chi connectivity index (χ2n) is 4.16. The van der Waals surface area contributed by atoms with E-state index < -0.39 is 18.9 Å². The summed E-state index contributed by atoms with van der Waals surface area (Å²) >= 11 is 0. The largest absolute Gasteiger partial charge is 0.522 e. The molecule has 8 heteroatoms. The van der Waals surface area contributed by atoms with Crippen LogP contribution in [0.4, 0.5) is 18.9 Å². The van der Waals surface area contributed by atoms with Crippen LogP contribution >= 0.6 is 0 Å². The van der Waals surface area contributed by atoms with E-state index in [4.69, 9.17) is 5.11 Å². The third kappa shape index (κ3) is 3.08. The fraction of sp³-hybridized carbons (Fsp3) is 0.333. The molecule has 0 unspecified atom stereocenters. The molecular weight excluding hydrogens is 279 g/mol. The van der Waals surface area contributed by atoms with Crippen LogP contribution in [-0.2, 0) is 16.0 Å². The Labute approximate surface area is 111 Å². The van der Waals surface area contributed by atoms with Crippen molar-refractivity contribution in [2.24, 2.45) is 0 Å². The maximum atomic E-state index is 11.9. The molecule has 0 atom stereocenters. The second-order valence-corrected chi connectivity index (χ2v) is 4.16. The van der Waals surface area contributed by atoms with Crippen LogP contribution in [0, 0.1) is 0 Å². The summed E-state index contributed by atoms with van der Waals surface area (Å²) in [4.78, 5) is 23.7. The lowest BCUT2D eigenvalue weighted by Crippen LogP contribution is -2.32. The van der Waals surface area contributed by atoms with E-state index in [1.807, 2.05) is 0 Å². The molecule has 1 aliphatic rings. The highest BCUT2D eigenvalue weighted by atomic mass is 19.4. The predicted molar refractivity (Wildman–Crippen MR) is 61.5 cm³/mol. The van der Waals surface area contributed by atoms with Gasteiger partial charge in [0.1, 0.15) is 0 Å². The Morgan fingerprint density at radius 3 is 2.70 bits per heavy atom.